The molecule has 2 aliphatic heterocycles. The smallest absolute Gasteiger partial charge is 0.225 e. The molecule has 20 rings (SSSR count). The first-order chi connectivity index (χ1) is 59.4. The number of nitrogens with one attached hydrogen (secondary N) is 1. The molecule has 0 bridgehead atoms. The van der Waals surface area contributed by atoms with Gasteiger partial charge in [-0.25, -0.2) is 66.1 Å². The molecule has 12 N–H and O–H groups in total. The number of carboxylic acid groups (broad SMARTS) is 3. The molecule has 670 valence electrons. The van der Waals surface area contributed by atoms with E-state index in [1.54, 1.807) is 0 Å². The van der Waals surface area contributed by atoms with Crippen LogP contribution in [0.15, 0.2) is 223 Å². The molecule has 38 heteroatoms. The number of aromatic nitrogens is 12. The number of imidazole rings is 6. The number of primary amides is 2. The Morgan fingerprint density at radius 2 is 0.638 bits per heavy atom. The third kappa shape index (κ3) is 29.7. The van der Waals surface area contributed by atoms with Gasteiger partial charge in [-0.15, -0.1) is 24.8 Å². The third-order valence-electron chi connectivity index (χ3n) is 17.1. The van der Waals surface area contributed by atoms with E-state index < -0.39 is 43.1 Å². The van der Waals surface area contributed by atoms with Crippen molar-refractivity contribution in [1.29, 1.82) is 0 Å². The Hall–Kier alpha value is -12.7. The molecule has 10 aromatic carbocycles. The summed E-state index contributed by atoms with van der Waals surface area (Å²) in [5, 5.41) is 22.5. The van der Waals surface area contributed by atoms with Crippen LogP contribution in [-0.2, 0) is 61.9 Å². The van der Waals surface area contributed by atoms with Crippen LogP contribution in [0.3, 0.4) is 0 Å². The molecular formula is C89H99Cl6CrN18O12P. The summed E-state index contributed by atoms with van der Waals surface area (Å²) in [4.78, 5) is 80.6. The van der Waals surface area contributed by atoms with E-state index in [0.29, 0.717) is 23.0 Å². The predicted octanol–water partition coefficient (Wildman–Crippen LogP) is 21.9. The Morgan fingerprint density at radius 1 is 0.394 bits per heavy atom. The molecule has 0 atom stereocenters. The number of fused-ring (bicyclic) bond motifs is 26. The molecule has 0 saturated heterocycles. The Morgan fingerprint density at radius 3 is 0.906 bits per heavy atom. The maximum atomic E-state index is 10.9. The van der Waals surface area contributed by atoms with E-state index in [9.17, 15) is 9.36 Å². The van der Waals surface area contributed by atoms with Crippen LogP contribution in [0.2, 0.25) is 0 Å². The molecule has 0 aliphatic carbocycles. The number of nitrogens with two attached hydrogens (primary N) is 4. The average molecular weight is 1910 g/mol. The Bertz CT molecular complexity index is 6250. The number of para-hydroxylation sites is 12. The minimum atomic E-state index is -3.79. The van der Waals surface area contributed by atoms with Gasteiger partial charge in [-0.05, 0) is 200 Å². The van der Waals surface area contributed by atoms with E-state index in [1.165, 1.54) is 33.4 Å². The molecule has 0 unspecified atom stereocenters. The number of hydrogen-bond donors (Lipinski definition) is 8. The Labute approximate surface area is 766 Å². The molecule has 127 heavy (non-hydrogen) atoms. The van der Waals surface area contributed by atoms with Gasteiger partial charge in [-0.3, -0.25) is 23.7 Å². The molecule has 0 fully saturated rings. The van der Waals surface area contributed by atoms with Gasteiger partial charge in [0.25, 0.3) is 17.9 Å². The topological polar surface area (TPSA) is 447 Å². The van der Waals surface area contributed by atoms with Crippen molar-refractivity contribution in [2.45, 2.75) is 117 Å². The quantitative estimate of drug-likeness (QED) is 0.0516. The zero-order valence-electron chi connectivity index (χ0n) is 72.0. The van der Waals surface area contributed by atoms with Crippen LogP contribution in [0.4, 0.5) is 27.5 Å². The number of aliphatic imine (C=N–C) groups is 1. The van der Waals surface area contributed by atoms with Crippen LogP contribution in [0.5, 0.6) is 0 Å². The summed E-state index contributed by atoms with van der Waals surface area (Å²) in [5.41, 5.74) is 44.7. The second-order valence-electron chi connectivity index (χ2n) is 26.4. The number of hydrogen-bond acceptors (Lipinski definition) is 18. The number of urea groups is 1. The van der Waals surface area contributed by atoms with Crippen molar-refractivity contribution in [3.8, 4) is 0 Å². The monoisotopic (exact) mass is 1900 g/mol. The number of carboxylic acids is 3. The van der Waals surface area contributed by atoms with Gasteiger partial charge in [0, 0.05) is 32.9 Å². The van der Waals surface area contributed by atoms with E-state index in [0.717, 1.165) is 151 Å². The first kappa shape index (κ1) is 107. The number of aryl methyl sites for hydroxylation is 6. The second kappa shape index (κ2) is 50.5. The van der Waals surface area contributed by atoms with Gasteiger partial charge in [0.15, 0.2) is 0 Å². The zero-order chi connectivity index (χ0) is 92.9. The normalized spacial score (nSPS) is 10.7. The van der Waals surface area contributed by atoms with Gasteiger partial charge in [-0.2, -0.15) is 0 Å². The number of rotatable bonds is 0. The van der Waals surface area contributed by atoms with Crippen molar-refractivity contribution in [3.63, 3.8) is 0 Å². The Kier molecular flexibility index (Phi) is 42.4. The number of aliphatic carboxylic acids is 3. The fourth-order valence-corrected chi connectivity index (χ4v) is 12.6. The molecule has 10 heterocycles. The van der Waals surface area contributed by atoms with E-state index in [1.807, 2.05) is 207 Å². The fourth-order valence-electron chi connectivity index (χ4n) is 12.4. The number of carbonyl (C=O) groups excluding carboxylic acids is 2. The molecule has 0 saturated carbocycles. The predicted molar refractivity (Wildman–Crippen MR) is 512 cm³/mol. The molecule has 3 amide bonds. The zero-order valence-corrected chi connectivity index (χ0v) is 78.8. The summed E-state index contributed by atoms with van der Waals surface area (Å²) in [6, 6.07) is 72.5. The molecule has 0 spiro atoms. The van der Waals surface area contributed by atoms with Crippen molar-refractivity contribution in [3.05, 3.63) is 263 Å². The second-order valence-corrected chi connectivity index (χ2v) is 34.1. The van der Waals surface area contributed by atoms with Gasteiger partial charge in [0.2, 0.25) is 40.6 Å². The number of benzene rings is 10. The maximum absolute atomic E-state index is 10.9. The molecule has 2 aliphatic rings. The van der Waals surface area contributed by atoms with Crippen LogP contribution in [-0.4, -0.2) is 107 Å². The molecular weight excluding hydrogens is 1810 g/mol. The fraction of sp³-hybridized carbons (Fsp3) is 0.191. The number of carbonyl (C=O) groups is 5. The SMILES string of the molecule is CC.CC.CC.CC(=O)O.CC(=O)O.CC(=O)O.Cc1ccc(C)c(C)c1.Cc1ccc(N)c(N)c1.Cc1ccc2c(c1)CC(=O)N2.Cc1ccc2c(c1)CC(Cl)=N2.Cl.Cl.NC(N)=O.O=P(Cl)(Cl)Cl.[O]=[Cr](=[O])=[O].c1ccc2c(c1)nc1n2c2nc3ccccc3n2c2nc3ccccc3n12.c1ccc2c(c1)nc1n2c2nc3ccccc3n2c2nc3ccccc3n12. The van der Waals surface area contributed by atoms with Crippen LogP contribution < -0.4 is 28.3 Å². The molecule has 8 aromatic heterocycles. The number of halogens is 6. The minimum absolute atomic E-state index is 0. The van der Waals surface area contributed by atoms with Crippen molar-refractivity contribution < 1.29 is 69.2 Å². The van der Waals surface area contributed by atoms with E-state index in [4.69, 9.17) is 98.9 Å². The summed E-state index contributed by atoms with van der Waals surface area (Å²) in [6.45, 7) is 27.7. The summed E-state index contributed by atoms with van der Waals surface area (Å²) in [7, 11) is 0. The largest absolute Gasteiger partial charge is 0.247 e. The van der Waals surface area contributed by atoms with Crippen LogP contribution in [0.1, 0.15) is 107 Å². The number of anilines is 3. The van der Waals surface area contributed by atoms with Crippen molar-refractivity contribution in [2.75, 3.05) is 16.8 Å². The first-order valence-corrected chi connectivity index (χ1v) is 45.1. The molecule has 18 aromatic rings. The summed E-state index contributed by atoms with van der Waals surface area (Å²) in [6.07, 6.45) is 1.34. The number of amides is 3. The van der Waals surface area contributed by atoms with Crippen molar-refractivity contribution >= 4 is 234 Å². The van der Waals surface area contributed by atoms with Crippen molar-refractivity contribution in [1.82, 2.24) is 56.3 Å². The standard InChI is InChI=1S/2C21H12N6.C9H8ClN.C9H9NO.C9H12.C7H10N2.3C2H4O2.3C2H6.CH4N2O.Cl3OP.2ClH.Cr.3O/c2*1-4-10-16-13(7-1)22-19-25(16)20-23-15-9-3-6-12-18(15)27(20)21-24-14-8-2-5-11-17(14)26(19)21;1-6-2-3-8-7(4-6)5-9(10)11-8;1-6-2-3-8-7(4-6)5-9(11)10-8;1-7-4-5-8(2)9(3)6-7;1-5-2-3-6(8)7(9)4-5;3*1-2(3)4;3*1-2;2-1(3)4;1-5(2,3)4;;;;;;/h2*1-12H;2-4H,5H2,1H3;2-4H,5H2,1H3,(H,10,11);4-6H,1-3H3;2-4H,8-9H2,1H3;3*1H3,(H,3,4);3*1-2H3;(H4,2,3,4);;2*1H;;;;. The summed E-state index contributed by atoms with van der Waals surface area (Å²) >= 11 is 15.8. The molecule has 30 nitrogen and oxygen atoms in total. The third-order valence-corrected chi connectivity index (χ3v) is 17.3. The average Bonchev–Trinajstić information content (AvgIpc) is 1.54. The van der Waals surface area contributed by atoms with E-state index >= 15 is 0 Å². The summed E-state index contributed by atoms with van der Waals surface area (Å²) in [5.74, 6) is 2.53. The van der Waals surface area contributed by atoms with Gasteiger partial charge in [0.05, 0.1) is 89.7 Å². The maximum Gasteiger partial charge on any atom is 0.225 e. The summed E-state index contributed by atoms with van der Waals surface area (Å²) < 4.78 is 47.9. The number of nitrogens with zero attached hydrogens (tertiary/aromatic N) is 13. The first-order valence-electron chi connectivity index (χ1n) is 38.7. The molecule has 0 radical (unpaired) electrons. The van der Waals surface area contributed by atoms with Gasteiger partial charge >= 0.3 is 36.6 Å². The number of nitrogen functional groups attached to an aromatic ring is 2. The van der Waals surface area contributed by atoms with Crippen LogP contribution in [0, 0.1) is 41.5 Å². The minimum Gasteiger partial charge on any atom is -0.247 e. The Balaban J connectivity index is 0.000000312. The van der Waals surface area contributed by atoms with Crippen LogP contribution in [0.25, 0.3) is 101 Å². The van der Waals surface area contributed by atoms with Gasteiger partial charge in [-0.1, -0.05) is 191 Å². The van der Waals surface area contributed by atoms with Gasteiger partial charge < -0.3 is 43.6 Å². The van der Waals surface area contributed by atoms with Crippen molar-refractivity contribution in [2.24, 2.45) is 16.5 Å². The van der Waals surface area contributed by atoms with E-state index in [2.05, 4.69) is 176 Å². The van der Waals surface area contributed by atoms with Crippen LogP contribution >= 0.6 is 75.3 Å². The van der Waals surface area contributed by atoms with Gasteiger partial charge in [0.1, 0.15) is 5.17 Å². The van der Waals surface area contributed by atoms with E-state index in [-0.39, 0.29) is 30.7 Å².